The van der Waals surface area contributed by atoms with Crippen LogP contribution in [0, 0.1) is 20.2 Å². The molecule has 0 spiro atoms. The topological polar surface area (TPSA) is 191 Å². The second-order valence-corrected chi connectivity index (χ2v) is 7.15. The van der Waals surface area contributed by atoms with Crippen molar-refractivity contribution >= 4 is 35.2 Å². The van der Waals surface area contributed by atoms with Crippen molar-refractivity contribution < 1.29 is 46.0 Å². The third-order valence-electron chi connectivity index (χ3n) is 4.36. The van der Waals surface area contributed by atoms with E-state index < -0.39 is 57.6 Å². The molecule has 0 bridgehead atoms. The van der Waals surface area contributed by atoms with E-state index in [4.69, 9.17) is 0 Å². The molecule has 20 heteroatoms. The smallest absolute Gasteiger partial charge is 0.434 e. The van der Waals surface area contributed by atoms with Crippen LogP contribution in [0.1, 0.15) is 5.56 Å². The molecule has 0 fully saturated rings. The Labute approximate surface area is 211 Å². The van der Waals surface area contributed by atoms with Gasteiger partial charge < -0.3 is 15.2 Å². The lowest BCUT2D eigenvalue weighted by Crippen LogP contribution is -2.46. The fourth-order valence-corrected chi connectivity index (χ4v) is 2.65. The number of hydrazone groups is 1. The second-order valence-electron chi connectivity index (χ2n) is 7.15. The number of benzene rings is 2. The number of anilines is 3. The highest BCUT2D eigenvalue weighted by Crippen LogP contribution is 2.36. The number of phenols is 1. The van der Waals surface area contributed by atoms with Crippen LogP contribution in [0.3, 0.4) is 0 Å². The number of hydrogen-bond acceptors (Lipinski definition) is 12. The summed E-state index contributed by atoms with van der Waals surface area (Å²) >= 11 is 0. The summed E-state index contributed by atoms with van der Waals surface area (Å²) in [4.78, 5) is 30.6. The number of alkyl halides is 6. The summed E-state index contributed by atoms with van der Waals surface area (Å²) in [6.45, 7) is 0. The van der Waals surface area contributed by atoms with Crippen LogP contribution >= 0.6 is 0 Å². The van der Waals surface area contributed by atoms with Gasteiger partial charge in [0.25, 0.3) is 23.4 Å². The summed E-state index contributed by atoms with van der Waals surface area (Å²) in [6, 6.07) is 5.82. The first-order valence-corrected chi connectivity index (χ1v) is 9.97. The van der Waals surface area contributed by atoms with Gasteiger partial charge in [-0.05, 0) is 18.2 Å². The zero-order chi connectivity index (χ0) is 29.0. The minimum absolute atomic E-state index is 0.0388. The maximum Gasteiger partial charge on any atom is 0.434 e. The van der Waals surface area contributed by atoms with Crippen LogP contribution in [0.2, 0.25) is 0 Å². The molecule has 0 amide bonds. The molecule has 0 aliphatic rings. The molecule has 0 atom stereocenters. The number of aromatic nitrogens is 3. The number of aromatic hydroxyl groups is 1. The molecule has 0 aliphatic heterocycles. The predicted octanol–water partition coefficient (Wildman–Crippen LogP) is 4.46. The van der Waals surface area contributed by atoms with Gasteiger partial charge in [-0.1, -0.05) is 0 Å². The average molecular weight is 562 g/mol. The summed E-state index contributed by atoms with van der Waals surface area (Å²) in [6.07, 6.45) is -15.3. The van der Waals surface area contributed by atoms with Crippen LogP contribution < -0.4 is 15.5 Å². The maximum absolute atomic E-state index is 13.0. The molecule has 39 heavy (non-hydrogen) atoms. The van der Waals surface area contributed by atoms with Crippen molar-refractivity contribution in [1.82, 2.24) is 15.0 Å². The number of nitro benzene ring substituents is 2. The standard InChI is InChI=1S/C19H12F6N8O6/c20-18(21,22)14(19(23,24)25)39-17-29-15(27-10-1-3-11(4-2-10)32(35)36)28-16(30-17)31-26-8-9-7-12(33(37)38)5-6-13(9)34/h1-8,14,34H,(H2,27,28,29,30,31)/b26-8+. The molecule has 3 aromatic rings. The van der Waals surface area contributed by atoms with Crippen LogP contribution in [0.4, 0.5) is 55.3 Å². The van der Waals surface area contributed by atoms with Crippen LogP contribution in [0.5, 0.6) is 11.8 Å². The first kappa shape index (κ1) is 28.3. The van der Waals surface area contributed by atoms with Gasteiger partial charge >= 0.3 is 18.4 Å². The Morgan fingerprint density at radius 1 is 0.897 bits per heavy atom. The van der Waals surface area contributed by atoms with Crippen molar-refractivity contribution in [2.24, 2.45) is 5.10 Å². The second kappa shape index (κ2) is 11.0. The molecular formula is C19H12F6N8O6. The molecular weight excluding hydrogens is 550 g/mol. The lowest BCUT2D eigenvalue weighted by Gasteiger charge is -2.22. The summed E-state index contributed by atoms with van der Waals surface area (Å²) in [7, 11) is 0. The first-order valence-electron chi connectivity index (χ1n) is 9.97. The molecule has 3 rings (SSSR count). The highest BCUT2D eigenvalue weighted by Gasteiger charge is 2.59. The predicted molar refractivity (Wildman–Crippen MR) is 119 cm³/mol. The summed E-state index contributed by atoms with van der Waals surface area (Å²) < 4.78 is 81.8. The van der Waals surface area contributed by atoms with Gasteiger partial charge in [0, 0.05) is 35.5 Å². The number of non-ortho nitro benzene ring substituents is 2. The minimum Gasteiger partial charge on any atom is -0.507 e. The van der Waals surface area contributed by atoms with Crippen LogP contribution in [-0.4, -0.2) is 54.6 Å². The Kier molecular flexibility index (Phi) is 7.96. The third kappa shape index (κ3) is 7.60. The zero-order valence-corrected chi connectivity index (χ0v) is 18.6. The van der Waals surface area contributed by atoms with E-state index in [1.807, 2.05) is 0 Å². The molecule has 3 N–H and O–H groups in total. The number of nitrogens with zero attached hydrogens (tertiary/aromatic N) is 6. The SMILES string of the molecule is O=[N+]([O-])c1ccc(Nc2nc(N/N=C/c3cc([N+](=O)[O-])ccc3O)nc(OC(C(F)(F)F)C(F)(F)F)n2)cc1. The summed E-state index contributed by atoms with van der Waals surface area (Å²) in [5.74, 6) is -1.87. The van der Waals surface area contributed by atoms with E-state index in [1.54, 1.807) is 0 Å². The van der Waals surface area contributed by atoms with Crippen molar-refractivity contribution in [2.75, 3.05) is 10.7 Å². The Hall–Kier alpha value is -5.30. The van der Waals surface area contributed by atoms with Crippen LogP contribution in [0.15, 0.2) is 47.6 Å². The molecule has 0 saturated heterocycles. The summed E-state index contributed by atoms with van der Waals surface area (Å²) in [5.41, 5.74) is 1.16. The number of phenolic OH excluding ortho intramolecular Hbond substituents is 1. The molecule has 1 heterocycles. The van der Waals surface area contributed by atoms with E-state index in [-0.39, 0.29) is 16.9 Å². The lowest BCUT2D eigenvalue weighted by molar-refractivity contribution is -0.385. The molecule has 206 valence electrons. The minimum atomic E-state index is -5.90. The van der Waals surface area contributed by atoms with E-state index in [9.17, 15) is 51.7 Å². The molecule has 0 saturated carbocycles. The van der Waals surface area contributed by atoms with Gasteiger partial charge in [0.1, 0.15) is 5.75 Å². The molecule has 14 nitrogen and oxygen atoms in total. The van der Waals surface area contributed by atoms with Gasteiger partial charge in [0.15, 0.2) is 0 Å². The Morgan fingerprint density at radius 2 is 1.46 bits per heavy atom. The normalized spacial score (nSPS) is 12.0. The fraction of sp³-hybridized carbons (Fsp3) is 0.158. The van der Waals surface area contributed by atoms with Crippen molar-refractivity contribution in [3.63, 3.8) is 0 Å². The van der Waals surface area contributed by atoms with Crippen LogP contribution in [0.25, 0.3) is 0 Å². The van der Waals surface area contributed by atoms with Crippen molar-refractivity contribution in [3.05, 3.63) is 68.3 Å². The first-order chi connectivity index (χ1) is 18.1. The van der Waals surface area contributed by atoms with Gasteiger partial charge in [-0.15, -0.1) is 0 Å². The largest absolute Gasteiger partial charge is 0.507 e. The van der Waals surface area contributed by atoms with Gasteiger partial charge in [0.05, 0.1) is 16.1 Å². The summed E-state index contributed by atoms with van der Waals surface area (Å²) in [5, 5.41) is 37.4. The van der Waals surface area contributed by atoms with E-state index in [0.717, 1.165) is 48.7 Å². The van der Waals surface area contributed by atoms with Gasteiger partial charge in [-0.3, -0.25) is 20.2 Å². The molecule has 0 radical (unpaired) electrons. The number of halogens is 6. The Balaban J connectivity index is 1.95. The highest BCUT2D eigenvalue weighted by molar-refractivity contribution is 5.84. The van der Waals surface area contributed by atoms with E-state index in [0.29, 0.717) is 0 Å². The van der Waals surface area contributed by atoms with Crippen molar-refractivity contribution in [2.45, 2.75) is 18.5 Å². The average Bonchev–Trinajstić information content (AvgIpc) is 2.82. The molecule has 1 aromatic heterocycles. The number of ether oxygens (including phenoxy) is 1. The lowest BCUT2D eigenvalue weighted by atomic mass is 10.2. The highest BCUT2D eigenvalue weighted by atomic mass is 19.4. The molecule has 0 unspecified atom stereocenters. The fourth-order valence-electron chi connectivity index (χ4n) is 2.65. The number of hydrogen-bond donors (Lipinski definition) is 3. The third-order valence-corrected chi connectivity index (χ3v) is 4.36. The zero-order valence-electron chi connectivity index (χ0n) is 18.6. The van der Waals surface area contributed by atoms with Gasteiger partial charge in [-0.25, -0.2) is 5.43 Å². The number of rotatable bonds is 9. The van der Waals surface area contributed by atoms with Gasteiger partial charge in [-0.2, -0.15) is 46.4 Å². The number of nitrogens with one attached hydrogen (secondary N) is 2. The molecule has 0 aliphatic carbocycles. The van der Waals surface area contributed by atoms with E-state index in [1.165, 1.54) is 0 Å². The van der Waals surface area contributed by atoms with E-state index in [2.05, 4.69) is 35.5 Å². The van der Waals surface area contributed by atoms with E-state index >= 15 is 0 Å². The molecule has 2 aromatic carbocycles. The number of nitro groups is 2. The van der Waals surface area contributed by atoms with Crippen molar-refractivity contribution in [3.8, 4) is 11.8 Å². The van der Waals surface area contributed by atoms with Crippen molar-refractivity contribution in [1.29, 1.82) is 0 Å². The Bertz CT molecular complexity index is 1390. The van der Waals surface area contributed by atoms with Gasteiger partial charge in [0.2, 0.25) is 5.95 Å². The Morgan fingerprint density at radius 3 is 2.03 bits per heavy atom. The maximum atomic E-state index is 13.0. The van der Waals surface area contributed by atoms with Crippen LogP contribution in [-0.2, 0) is 0 Å². The quantitative estimate of drug-likeness (QED) is 0.144. The monoisotopic (exact) mass is 562 g/mol.